The number of nitrogens with zero attached hydrogens (tertiary/aromatic N) is 1. The molecule has 1 saturated carbocycles. The Morgan fingerprint density at radius 3 is 2.83 bits per heavy atom. The van der Waals surface area contributed by atoms with E-state index in [9.17, 15) is 9.59 Å². The molecule has 1 aliphatic carbocycles. The van der Waals surface area contributed by atoms with E-state index in [4.69, 9.17) is 10.8 Å². The van der Waals surface area contributed by atoms with Crippen molar-refractivity contribution in [3.8, 4) is 0 Å². The van der Waals surface area contributed by atoms with Crippen LogP contribution in [0.25, 0.3) is 0 Å². The molecule has 5 nitrogen and oxygen atoms in total. The summed E-state index contributed by atoms with van der Waals surface area (Å²) in [4.78, 5) is 24.6. The smallest absolute Gasteiger partial charge is 0.308 e. The molecule has 0 bridgehead atoms. The Balaban J connectivity index is 1.96. The molecule has 3 N–H and O–H groups in total. The lowest BCUT2D eigenvalue weighted by atomic mass is 10.00. The Hall–Kier alpha value is -2.04. The van der Waals surface area contributed by atoms with E-state index in [1.165, 1.54) is 0 Å². The van der Waals surface area contributed by atoms with Crippen LogP contribution in [0.15, 0.2) is 18.2 Å². The number of nitrogen functional groups attached to an aromatic ring is 1. The van der Waals surface area contributed by atoms with Gasteiger partial charge in [-0.15, -0.1) is 0 Å². The minimum atomic E-state index is -0.824. The summed E-state index contributed by atoms with van der Waals surface area (Å²) in [7, 11) is 0. The third-order valence-corrected chi connectivity index (χ3v) is 3.65. The van der Waals surface area contributed by atoms with Crippen molar-refractivity contribution in [3.63, 3.8) is 0 Å². The molecule has 1 aromatic rings. The van der Waals surface area contributed by atoms with Crippen LogP contribution >= 0.6 is 0 Å². The minimum Gasteiger partial charge on any atom is -0.481 e. The van der Waals surface area contributed by atoms with Gasteiger partial charge < -0.3 is 15.7 Å². The molecule has 5 heteroatoms. The molecule has 18 heavy (non-hydrogen) atoms. The van der Waals surface area contributed by atoms with Crippen molar-refractivity contribution in [1.29, 1.82) is 0 Å². The number of hydrogen-bond acceptors (Lipinski definition) is 3. The molecule has 1 aliphatic heterocycles. The largest absolute Gasteiger partial charge is 0.481 e. The Morgan fingerprint density at radius 1 is 1.39 bits per heavy atom. The van der Waals surface area contributed by atoms with Crippen LogP contribution in [0.1, 0.15) is 18.4 Å². The van der Waals surface area contributed by atoms with Crippen LogP contribution in [0, 0.1) is 5.92 Å². The third kappa shape index (κ3) is 1.63. The molecule has 1 aromatic carbocycles. The minimum absolute atomic E-state index is 0.0148. The number of anilines is 2. The van der Waals surface area contributed by atoms with E-state index in [0.717, 1.165) is 11.3 Å². The number of carbonyl (C=O) groups excluding carboxylic acids is 1. The van der Waals surface area contributed by atoms with Gasteiger partial charge in [-0.25, -0.2) is 0 Å². The van der Waals surface area contributed by atoms with Crippen LogP contribution < -0.4 is 10.6 Å². The molecule has 0 aromatic heterocycles. The van der Waals surface area contributed by atoms with Crippen molar-refractivity contribution in [2.75, 3.05) is 10.6 Å². The van der Waals surface area contributed by atoms with E-state index in [1.807, 2.05) is 12.1 Å². The highest BCUT2D eigenvalue weighted by molar-refractivity contribution is 5.99. The molecule has 2 aliphatic rings. The number of carboxylic acids is 1. The zero-order valence-electron chi connectivity index (χ0n) is 9.80. The first kappa shape index (κ1) is 11.1. The monoisotopic (exact) mass is 246 g/mol. The van der Waals surface area contributed by atoms with Gasteiger partial charge in [-0.2, -0.15) is 0 Å². The molecular formula is C13H14N2O3. The molecule has 3 rings (SSSR count). The first-order chi connectivity index (χ1) is 8.58. The lowest BCUT2D eigenvalue weighted by Crippen LogP contribution is -2.38. The highest BCUT2D eigenvalue weighted by atomic mass is 16.4. The Bertz CT molecular complexity index is 541. The molecule has 1 heterocycles. The van der Waals surface area contributed by atoms with Crippen molar-refractivity contribution in [1.82, 2.24) is 0 Å². The highest BCUT2D eigenvalue weighted by Gasteiger charge is 2.50. The molecule has 1 amide bonds. The van der Waals surface area contributed by atoms with Crippen LogP contribution in [-0.2, 0) is 16.0 Å². The summed E-state index contributed by atoms with van der Waals surface area (Å²) in [6.07, 6.45) is 1.66. The van der Waals surface area contributed by atoms with Gasteiger partial charge in [0, 0.05) is 17.8 Å². The zero-order valence-corrected chi connectivity index (χ0v) is 9.80. The summed E-state index contributed by atoms with van der Waals surface area (Å²) < 4.78 is 0. The Morgan fingerprint density at radius 2 is 2.17 bits per heavy atom. The second kappa shape index (κ2) is 3.73. The zero-order chi connectivity index (χ0) is 12.9. The number of carbonyl (C=O) groups is 2. The molecule has 94 valence electrons. The van der Waals surface area contributed by atoms with E-state index < -0.39 is 11.9 Å². The lowest BCUT2D eigenvalue weighted by Gasteiger charge is -2.30. The standard InChI is InChI=1S/C13H14N2O3/c14-8-2-3-10-7(5-8)1-4-12(16)15(10)11-6-9(11)13(17)18/h2-3,5,9,11H,1,4,6,14H2,(H,17,18). The molecule has 0 saturated heterocycles. The number of benzene rings is 1. The number of aliphatic carboxylic acids is 1. The summed E-state index contributed by atoms with van der Waals surface area (Å²) >= 11 is 0. The number of carboxylic acid groups (broad SMARTS) is 1. The fourth-order valence-corrected chi connectivity index (χ4v) is 2.63. The normalized spacial score (nSPS) is 25.8. The Labute approximate surface area is 104 Å². The molecule has 1 fully saturated rings. The lowest BCUT2D eigenvalue weighted by molar-refractivity contribution is -0.138. The third-order valence-electron chi connectivity index (χ3n) is 3.65. The predicted octanol–water partition coefficient (Wildman–Crippen LogP) is 1.02. The van der Waals surface area contributed by atoms with E-state index >= 15 is 0 Å². The fourth-order valence-electron chi connectivity index (χ4n) is 2.63. The van der Waals surface area contributed by atoms with Crippen molar-refractivity contribution in [2.24, 2.45) is 5.92 Å². The summed E-state index contributed by atoms with van der Waals surface area (Å²) in [5, 5.41) is 8.97. The molecule has 2 atom stereocenters. The van der Waals surface area contributed by atoms with Crippen LogP contribution in [-0.4, -0.2) is 23.0 Å². The quantitative estimate of drug-likeness (QED) is 0.763. The van der Waals surface area contributed by atoms with Crippen LogP contribution in [0.5, 0.6) is 0 Å². The maximum absolute atomic E-state index is 12.0. The van der Waals surface area contributed by atoms with Gasteiger partial charge in [0.15, 0.2) is 0 Å². The molecule has 0 radical (unpaired) electrons. The van der Waals surface area contributed by atoms with Crippen LogP contribution in [0.2, 0.25) is 0 Å². The van der Waals surface area contributed by atoms with Crippen LogP contribution in [0.4, 0.5) is 11.4 Å². The SMILES string of the molecule is Nc1ccc2c(c1)CCC(=O)N2C1CC1C(=O)O. The van der Waals surface area contributed by atoms with Crippen LogP contribution in [0.3, 0.4) is 0 Å². The second-order valence-electron chi connectivity index (χ2n) is 4.90. The Kier molecular flexibility index (Phi) is 2.29. The van der Waals surface area contributed by atoms with Gasteiger partial charge in [0.1, 0.15) is 0 Å². The van der Waals surface area contributed by atoms with Crippen molar-refractivity contribution in [2.45, 2.75) is 25.3 Å². The van der Waals surface area contributed by atoms with Gasteiger partial charge in [-0.1, -0.05) is 0 Å². The average molecular weight is 246 g/mol. The number of fused-ring (bicyclic) bond motifs is 1. The maximum Gasteiger partial charge on any atom is 0.308 e. The van der Waals surface area contributed by atoms with Gasteiger partial charge in [0.25, 0.3) is 0 Å². The first-order valence-electron chi connectivity index (χ1n) is 6.01. The van der Waals surface area contributed by atoms with Gasteiger partial charge >= 0.3 is 5.97 Å². The van der Waals surface area contributed by atoms with E-state index in [1.54, 1.807) is 11.0 Å². The maximum atomic E-state index is 12.0. The molecular weight excluding hydrogens is 232 g/mol. The predicted molar refractivity (Wildman–Crippen MR) is 66.2 cm³/mol. The van der Waals surface area contributed by atoms with E-state index in [2.05, 4.69) is 0 Å². The van der Waals surface area contributed by atoms with Crippen molar-refractivity contribution >= 4 is 23.3 Å². The second-order valence-corrected chi connectivity index (χ2v) is 4.90. The molecule has 0 spiro atoms. The number of nitrogens with two attached hydrogens (primary N) is 1. The van der Waals surface area contributed by atoms with Crippen molar-refractivity contribution in [3.05, 3.63) is 23.8 Å². The number of hydrogen-bond donors (Lipinski definition) is 2. The number of rotatable bonds is 2. The number of aryl methyl sites for hydroxylation is 1. The highest BCUT2D eigenvalue weighted by Crippen LogP contribution is 2.42. The summed E-state index contributed by atoms with van der Waals surface area (Å²) in [5.41, 5.74) is 8.27. The fraction of sp³-hybridized carbons (Fsp3) is 0.385. The van der Waals surface area contributed by atoms with Gasteiger partial charge in [-0.3, -0.25) is 9.59 Å². The van der Waals surface area contributed by atoms with E-state index in [0.29, 0.717) is 24.9 Å². The molecule has 2 unspecified atom stereocenters. The first-order valence-corrected chi connectivity index (χ1v) is 6.01. The topological polar surface area (TPSA) is 83.6 Å². The summed E-state index contributed by atoms with van der Waals surface area (Å²) in [6, 6.07) is 5.26. The van der Waals surface area contributed by atoms with Crippen molar-refractivity contribution < 1.29 is 14.7 Å². The van der Waals surface area contributed by atoms with Gasteiger partial charge in [0.05, 0.1) is 12.0 Å². The number of amides is 1. The summed E-state index contributed by atoms with van der Waals surface area (Å²) in [5.74, 6) is -1.23. The average Bonchev–Trinajstić information content (AvgIpc) is 3.09. The summed E-state index contributed by atoms with van der Waals surface area (Å²) in [6.45, 7) is 0. The van der Waals surface area contributed by atoms with Gasteiger partial charge in [-0.05, 0) is 36.6 Å². The van der Waals surface area contributed by atoms with Gasteiger partial charge in [0.2, 0.25) is 5.91 Å². The van der Waals surface area contributed by atoms with E-state index in [-0.39, 0.29) is 11.9 Å².